The molecule has 0 saturated heterocycles. The summed E-state index contributed by atoms with van der Waals surface area (Å²) in [4.78, 5) is 12.4. The van der Waals surface area contributed by atoms with Crippen molar-refractivity contribution >= 4 is 27.8 Å². The zero-order valence-corrected chi connectivity index (χ0v) is 17.3. The maximum Gasteiger partial charge on any atom is 0.203 e. The molecule has 28 heavy (non-hydrogen) atoms. The lowest BCUT2D eigenvalue weighted by atomic mass is 10.1. The Kier molecular flexibility index (Phi) is 6.66. The number of halogens is 1. The van der Waals surface area contributed by atoms with Crippen LogP contribution in [0.4, 0.5) is 0 Å². The van der Waals surface area contributed by atoms with E-state index in [1.54, 1.807) is 36.2 Å². The van der Waals surface area contributed by atoms with E-state index in [9.17, 15) is 4.79 Å². The molecule has 0 aliphatic carbocycles. The zero-order valence-electron chi connectivity index (χ0n) is 15.8. The van der Waals surface area contributed by atoms with Crippen LogP contribution in [0.2, 0.25) is 0 Å². The molecule has 0 N–H and O–H groups in total. The van der Waals surface area contributed by atoms with Crippen LogP contribution in [0.25, 0.3) is 6.08 Å². The van der Waals surface area contributed by atoms with Gasteiger partial charge in [0.15, 0.2) is 0 Å². The first-order valence-corrected chi connectivity index (χ1v) is 9.69. The van der Waals surface area contributed by atoms with Crippen LogP contribution < -0.4 is 9.47 Å². The second-order valence-corrected chi connectivity index (χ2v) is 6.96. The number of carbonyl (C=O) groups is 1. The maximum absolute atomic E-state index is 12.4. The second-order valence-electron chi connectivity index (χ2n) is 6.04. The molecule has 6 heteroatoms. The van der Waals surface area contributed by atoms with E-state index in [2.05, 4.69) is 21.0 Å². The Morgan fingerprint density at radius 1 is 1.18 bits per heavy atom. The van der Waals surface area contributed by atoms with Crippen molar-refractivity contribution in [2.75, 3.05) is 7.11 Å². The quantitative estimate of drug-likeness (QED) is 0.359. The molecule has 144 valence electrons. The molecule has 0 atom stereocenters. The topological polar surface area (TPSA) is 53.4 Å². The average molecular weight is 441 g/mol. The predicted octanol–water partition coefficient (Wildman–Crippen LogP) is 5.15. The third-order valence-corrected chi connectivity index (χ3v) is 4.74. The van der Waals surface area contributed by atoms with Gasteiger partial charge in [0, 0.05) is 22.8 Å². The maximum atomic E-state index is 12.4. The fourth-order valence-corrected chi connectivity index (χ4v) is 3.02. The highest BCUT2D eigenvalue weighted by atomic mass is 79.9. The van der Waals surface area contributed by atoms with Crippen molar-refractivity contribution in [2.45, 2.75) is 20.1 Å². The number of benzene rings is 2. The van der Waals surface area contributed by atoms with E-state index < -0.39 is 0 Å². The Labute approximate surface area is 172 Å². The summed E-state index contributed by atoms with van der Waals surface area (Å²) in [5, 5.41) is 4.13. The summed E-state index contributed by atoms with van der Waals surface area (Å²) in [6.07, 6.45) is 4.98. The number of aryl methyl sites for hydroxylation is 1. The predicted molar refractivity (Wildman–Crippen MR) is 113 cm³/mol. The van der Waals surface area contributed by atoms with Crippen molar-refractivity contribution in [3.63, 3.8) is 0 Å². The minimum Gasteiger partial charge on any atom is -0.496 e. The van der Waals surface area contributed by atoms with Gasteiger partial charge >= 0.3 is 0 Å². The fourth-order valence-electron chi connectivity index (χ4n) is 2.76. The monoisotopic (exact) mass is 440 g/mol. The number of nitrogens with zero attached hydrogens (tertiary/aromatic N) is 2. The zero-order chi connectivity index (χ0) is 19.9. The number of hydrogen-bond acceptors (Lipinski definition) is 4. The van der Waals surface area contributed by atoms with Crippen LogP contribution in [-0.2, 0) is 13.2 Å². The Morgan fingerprint density at radius 3 is 2.68 bits per heavy atom. The van der Waals surface area contributed by atoms with Crippen LogP contribution in [0.15, 0.2) is 65.3 Å². The van der Waals surface area contributed by atoms with Crippen LogP contribution in [0.3, 0.4) is 0 Å². The van der Waals surface area contributed by atoms with E-state index in [4.69, 9.17) is 9.47 Å². The van der Waals surface area contributed by atoms with Crippen molar-refractivity contribution in [3.8, 4) is 11.5 Å². The van der Waals surface area contributed by atoms with Gasteiger partial charge in [-0.1, -0.05) is 28.1 Å². The molecule has 5 nitrogen and oxygen atoms in total. The lowest BCUT2D eigenvalue weighted by Gasteiger charge is -2.11. The molecule has 0 aliphatic heterocycles. The van der Waals surface area contributed by atoms with Gasteiger partial charge in [-0.15, -0.1) is 0 Å². The van der Waals surface area contributed by atoms with E-state index in [0.717, 1.165) is 27.1 Å². The van der Waals surface area contributed by atoms with Gasteiger partial charge in [0.2, 0.25) is 5.78 Å². The first-order valence-electron chi connectivity index (χ1n) is 8.90. The smallest absolute Gasteiger partial charge is 0.203 e. The van der Waals surface area contributed by atoms with Gasteiger partial charge in [0.25, 0.3) is 0 Å². The first-order chi connectivity index (χ1) is 13.6. The van der Waals surface area contributed by atoms with Crippen LogP contribution >= 0.6 is 15.9 Å². The molecule has 0 saturated carbocycles. The van der Waals surface area contributed by atoms with Crippen molar-refractivity contribution in [3.05, 3.63) is 82.1 Å². The molecule has 0 aliphatic rings. The summed E-state index contributed by atoms with van der Waals surface area (Å²) in [7, 11) is 1.63. The molecule has 3 aromatic rings. The van der Waals surface area contributed by atoms with Gasteiger partial charge in [0.05, 0.1) is 7.11 Å². The lowest BCUT2D eigenvalue weighted by molar-refractivity contribution is 0.103. The van der Waals surface area contributed by atoms with Gasteiger partial charge < -0.3 is 9.47 Å². The third kappa shape index (κ3) is 4.89. The molecule has 0 spiro atoms. The van der Waals surface area contributed by atoms with Gasteiger partial charge in [0.1, 0.15) is 23.8 Å². The Hall–Kier alpha value is -2.86. The largest absolute Gasteiger partial charge is 0.496 e. The average Bonchev–Trinajstić information content (AvgIpc) is 3.20. The van der Waals surface area contributed by atoms with Crippen LogP contribution in [-0.4, -0.2) is 22.7 Å². The molecule has 1 aromatic heterocycles. The molecule has 0 fully saturated rings. The molecule has 0 amide bonds. The molecular formula is C22H21BrN2O3. The van der Waals surface area contributed by atoms with E-state index >= 15 is 0 Å². The number of methoxy groups -OCH3 is 1. The molecule has 0 bridgehead atoms. The number of rotatable bonds is 8. The number of ether oxygens (including phenoxy) is 2. The molecule has 0 unspecified atom stereocenters. The molecule has 2 aromatic carbocycles. The van der Waals surface area contributed by atoms with Crippen molar-refractivity contribution in [2.24, 2.45) is 0 Å². The summed E-state index contributed by atoms with van der Waals surface area (Å²) in [5.74, 6) is 1.43. The molecule has 1 heterocycles. The molecule has 0 radical (unpaired) electrons. The standard InChI is InChI=1S/C22H21BrN2O3/c1-3-25-20(12-13-24-25)21(26)10-4-16-5-11-22(27-2)17(14-16)15-28-19-8-6-18(23)7-9-19/h4-14H,3,15H2,1-2H3/b10-4+. The Morgan fingerprint density at radius 2 is 1.96 bits per heavy atom. The minimum atomic E-state index is -0.0807. The van der Waals surface area contributed by atoms with E-state index in [-0.39, 0.29) is 5.78 Å². The van der Waals surface area contributed by atoms with Crippen LogP contribution in [0.1, 0.15) is 28.5 Å². The van der Waals surface area contributed by atoms with Gasteiger partial charge in [-0.3, -0.25) is 9.48 Å². The summed E-state index contributed by atoms with van der Waals surface area (Å²) in [6, 6.07) is 15.1. The number of aromatic nitrogens is 2. The highest BCUT2D eigenvalue weighted by Gasteiger charge is 2.09. The number of hydrogen-bond donors (Lipinski definition) is 0. The van der Waals surface area contributed by atoms with Gasteiger partial charge in [-0.2, -0.15) is 5.10 Å². The van der Waals surface area contributed by atoms with Crippen molar-refractivity contribution < 1.29 is 14.3 Å². The van der Waals surface area contributed by atoms with Gasteiger partial charge in [-0.25, -0.2) is 0 Å². The molecule has 3 rings (SSSR count). The van der Waals surface area contributed by atoms with Crippen molar-refractivity contribution in [1.82, 2.24) is 9.78 Å². The Balaban J connectivity index is 1.74. The van der Waals surface area contributed by atoms with Crippen molar-refractivity contribution in [1.29, 1.82) is 0 Å². The van der Waals surface area contributed by atoms with E-state index in [0.29, 0.717) is 18.8 Å². The minimum absolute atomic E-state index is 0.0807. The normalized spacial score (nSPS) is 11.0. The van der Waals surface area contributed by atoms with E-state index in [1.165, 1.54) is 0 Å². The second kappa shape index (κ2) is 9.37. The van der Waals surface area contributed by atoms with Crippen LogP contribution in [0.5, 0.6) is 11.5 Å². The number of allylic oxidation sites excluding steroid dienone is 1. The summed E-state index contributed by atoms with van der Waals surface area (Å²) in [6.45, 7) is 2.97. The first kappa shape index (κ1) is 19.9. The summed E-state index contributed by atoms with van der Waals surface area (Å²) in [5.41, 5.74) is 2.37. The van der Waals surface area contributed by atoms with E-state index in [1.807, 2.05) is 49.4 Å². The number of carbonyl (C=O) groups excluding carboxylic acids is 1. The third-order valence-electron chi connectivity index (χ3n) is 4.21. The fraction of sp³-hybridized carbons (Fsp3) is 0.182. The Bertz CT molecular complexity index is 978. The SMILES string of the molecule is CCn1nccc1C(=O)/C=C/c1ccc(OC)c(COc2ccc(Br)cc2)c1. The highest BCUT2D eigenvalue weighted by molar-refractivity contribution is 9.10. The highest BCUT2D eigenvalue weighted by Crippen LogP contribution is 2.24. The lowest BCUT2D eigenvalue weighted by Crippen LogP contribution is -2.07. The van der Waals surface area contributed by atoms with Crippen LogP contribution in [0, 0.1) is 0 Å². The summed E-state index contributed by atoms with van der Waals surface area (Å²) < 4.78 is 14.0. The molecular weight excluding hydrogens is 420 g/mol. The number of ketones is 1. The summed E-state index contributed by atoms with van der Waals surface area (Å²) >= 11 is 3.41. The van der Waals surface area contributed by atoms with Gasteiger partial charge in [-0.05, 0) is 61.0 Å².